The molecule has 0 unspecified atom stereocenters. The molecule has 2 aromatic heterocycles. The number of carbonyl (C=O) groups excluding carboxylic acids is 1. The number of aromatic nitrogens is 3. The van der Waals surface area contributed by atoms with Gasteiger partial charge in [0.05, 0.1) is 23.3 Å². The van der Waals surface area contributed by atoms with Gasteiger partial charge >= 0.3 is 5.97 Å². The van der Waals surface area contributed by atoms with E-state index in [1.54, 1.807) is 6.92 Å². The van der Waals surface area contributed by atoms with E-state index in [4.69, 9.17) is 4.74 Å². The molecular formula is C22H16N4O2. The first-order chi connectivity index (χ1) is 13.7. The van der Waals surface area contributed by atoms with Gasteiger partial charge in [0, 0.05) is 11.1 Å². The first kappa shape index (κ1) is 17.4. The molecule has 136 valence electrons. The van der Waals surface area contributed by atoms with Gasteiger partial charge in [0.15, 0.2) is 11.3 Å². The summed E-state index contributed by atoms with van der Waals surface area (Å²) < 4.78 is 5.11. The summed E-state index contributed by atoms with van der Waals surface area (Å²) in [6, 6.07) is 21.3. The molecule has 0 radical (unpaired) electrons. The number of pyridine rings is 1. The monoisotopic (exact) mass is 368 g/mol. The Morgan fingerprint density at radius 3 is 2.32 bits per heavy atom. The molecule has 2 heterocycles. The molecule has 0 bridgehead atoms. The van der Waals surface area contributed by atoms with Crippen molar-refractivity contribution in [1.29, 1.82) is 5.26 Å². The number of benzene rings is 2. The van der Waals surface area contributed by atoms with Gasteiger partial charge in [0.25, 0.3) is 0 Å². The SMILES string of the molecule is CCOC(=O)c1nc2n[nH]c(-c3ccccc3)c2c(-c2ccccc2)c1C#N. The second-order valence-electron chi connectivity index (χ2n) is 6.07. The molecule has 2 aromatic carbocycles. The highest BCUT2D eigenvalue weighted by Crippen LogP contribution is 2.37. The zero-order chi connectivity index (χ0) is 19.5. The van der Waals surface area contributed by atoms with Crippen LogP contribution in [0.5, 0.6) is 0 Å². The number of aromatic amines is 1. The molecule has 4 aromatic rings. The summed E-state index contributed by atoms with van der Waals surface area (Å²) in [7, 11) is 0. The predicted molar refractivity (Wildman–Crippen MR) is 105 cm³/mol. The number of nitrogens with zero attached hydrogens (tertiary/aromatic N) is 3. The largest absolute Gasteiger partial charge is 0.461 e. The fraction of sp³-hybridized carbons (Fsp3) is 0.0909. The topological polar surface area (TPSA) is 91.7 Å². The van der Waals surface area contributed by atoms with E-state index in [0.29, 0.717) is 16.6 Å². The Hall–Kier alpha value is -3.98. The van der Waals surface area contributed by atoms with Crippen molar-refractivity contribution in [2.45, 2.75) is 6.92 Å². The van der Waals surface area contributed by atoms with E-state index in [1.807, 2.05) is 60.7 Å². The van der Waals surface area contributed by atoms with Gasteiger partial charge in [-0.2, -0.15) is 10.4 Å². The summed E-state index contributed by atoms with van der Waals surface area (Å²) in [5, 5.41) is 17.9. The molecule has 6 nitrogen and oxygen atoms in total. The molecule has 0 fully saturated rings. The number of nitriles is 1. The van der Waals surface area contributed by atoms with Gasteiger partial charge in [-0.15, -0.1) is 0 Å². The van der Waals surface area contributed by atoms with Crippen LogP contribution in [0.3, 0.4) is 0 Å². The number of rotatable bonds is 4. The van der Waals surface area contributed by atoms with E-state index >= 15 is 0 Å². The maximum Gasteiger partial charge on any atom is 0.358 e. The van der Waals surface area contributed by atoms with Gasteiger partial charge in [0.2, 0.25) is 0 Å². The maximum absolute atomic E-state index is 12.5. The molecule has 0 saturated carbocycles. The van der Waals surface area contributed by atoms with Crippen molar-refractivity contribution in [2.75, 3.05) is 6.61 Å². The number of hydrogen-bond acceptors (Lipinski definition) is 5. The van der Waals surface area contributed by atoms with E-state index < -0.39 is 5.97 Å². The van der Waals surface area contributed by atoms with Crippen molar-refractivity contribution in [3.63, 3.8) is 0 Å². The number of nitrogens with one attached hydrogen (secondary N) is 1. The summed E-state index contributed by atoms with van der Waals surface area (Å²) in [4.78, 5) is 16.8. The molecule has 0 aliphatic rings. The molecule has 0 spiro atoms. The zero-order valence-corrected chi connectivity index (χ0v) is 15.1. The Morgan fingerprint density at radius 2 is 1.71 bits per heavy atom. The molecule has 0 amide bonds. The molecule has 0 aliphatic carbocycles. The van der Waals surface area contributed by atoms with Crippen LogP contribution >= 0.6 is 0 Å². The Morgan fingerprint density at radius 1 is 1.07 bits per heavy atom. The van der Waals surface area contributed by atoms with Gasteiger partial charge in [-0.3, -0.25) is 5.10 Å². The molecule has 4 rings (SSSR count). The van der Waals surface area contributed by atoms with Crippen LogP contribution in [0.15, 0.2) is 60.7 Å². The Kier molecular flexibility index (Phi) is 4.56. The highest BCUT2D eigenvalue weighted by molar-refractivity contribution is 6.08. The van der Waals surface area contributed by atoms with Crippen molar-refractivity contribution in [1.82, 2.24) is 15.2 Å². The third kappa shape index (κ3) is 2.89. The number of carbonyl (C=O) groups is 1. The van der Waals surface area contributed by atoms with Gasteiger partial charge in [-0.25, -0.2) is 9.78 Å². The van der Waals surface area contributed by atoms with Crippen molar-refractivity contribution in [3.05, 3.63) is 71.9 Å². The van der Waals surface area contributed by atoms with Gasteiger partial charge in [0.1, 0.15) is 6.07 Å². The minimum Gasteiger partial charge on any atom is -0.461 e. The maximum atomic E-state index is 12.5. The third-order valence-electron chi connectivity index (χ3n) is 4.41. The third-order valence-corrected chi connectivity index (χ3v) is 4.41. The fourth-order valence-electron chi connectivity index (χ4n) is 3.22. The standard InChI is InChI=1S/C22H16N4O2/c1-2-28-22(27)20-16(13-23)17(14-9-5-3-6-10-14)18-19(25-26-21(18)24-20)15-11-7-4-8-12-15/h3-12H,2H2,1H3,(H,24,25,26). The smallest absolute Gasteiger partial charge is 0.358 e. The van der Waals surface area contributed by atoms with Crippen molar-refractivity contribution < 1.29 is 9.53 Å². The summed E-state index contributed by atoms with van der Waals surface area (Å²) in [6.45, 7) is 1.91. The summed E-state index contributed by atoms with van der Waals surface area (Å²) in [5.74, 6) is -0.637. The number of esters is 1. The van der Waals surface area contributed by atoms with E-state index in [9.17, 15) is 10.1 Å². The Labute approximate surface area is 161 Å². The molecule has 0 aliphatic heterocycles. The lowest BCUT2D eigenvalue weighted by Crippen LogP contribution is -2.11. The van der Waals surface area contributed by atoms with Crippen LogP contribution in [-0.4, -0.2) is 27.8 Å². The van der Waals surface area contributed by atoms with Crippen LogP contribution in [0, 0.1) is 11.3 Å². The van der Waals surface area contributed by atoms with Crippen LogP contribution in [0.2, 0.25) is 0 Å². The predicted octanol–water partition coefficient (Wildman–Crippen LogP) is 4.34. The van der Waals surface area contributed by atoms with Crippen LogP contribution < -0.4 is 0 Å². The van der Waals surface area contributed by atoms with E-state index in [0.717, 1.165) is 16.8 Å². The molecule has 0 atom stereocenters. The van der Waals surface area contributed by atoms with E-state index in [1.165, 1.54) is 0 Å². The number of ether oxygens (including phenoxy) is 1. The van der Waals surface area contributed by atoms with Crippen LogP contribution in [0.1, 0.15) is 23.0 Å². The van der Waals surface area contributed by atoms with Crippen LogP contribution in [0.25, 0.3) is 33.4 Å². The lowest BCUT2D eigenvalue weighted by Gasteiger charge is -2.11. The molecule has 1 N–H and O–H groups in total. The lowest BCUT2D eigenvalue weighted by molar-refractivity contribution is 0.0519. The highest BCUT2D eigenvalue weighted by Gasteiger charge is 2.25. The van der Waals surface area contributed by atoms with E-state index in [2.05, 4.69) is 21.3 Å². The summed E-state index contributed by atoms with van der Waals surface area (Å²) in [5.41, 5.74) is 3.59. The van der Waals surface area contributed by atoms with Gasteiger partial charge in [-0.1, -0.05) is 60.7 Å². The number of H-pyrrole nitrogens is 1. The normalized spacial score (nSPS) is 10.6. The second kappa shape index (κ2) is 7.33. The van der Waals surface area contributed by atoms with E-state index in [-0.39, 0.29) is 17.9 Å². The first-order valence-corrected chi connectivity index (χ1v) is 8.84. The van der Waals surface area contributed by atoms with Crippen molar-refractivity contribution in [3.8, 4) is 28.5 Å². The molecule has 6 heteroatoms. The second-order valence-corrected chi connectivity index (χ2v) is 6.07. The van der Waals surface area contributed by atoms with Crippen molar-refractivity contribution >= 4 is 17.0 Å². The molecule has 0 saturated heterocycles. The Balaban J connectivity index is 2.11. The number of hydrogen-bond donors (Lipinski definition) is 1. The van der Waals surface area contributed by atoms with Gasteiger partial charge in [-0.05, 0) is 12.5 Å². The van der Waals surface area contributed by atoms with Crippen LogP contribution in [-0.2, 0) is 4.74 Å². The fourth-order valence-corrected chi connectivity index (χ4v) is 3.22. The molecular weight excluding hydrogens is 352 g/mol. The zero-order valence-electron chi connectivity index (χ0n) is 15.1. The van der Waals surface area contributed by atoms with Crippen LogP contribution in [0.4, 0.5) is 0 Å². The average Bonchev–Trinajstić information content (AvgIpc) is 3.17. The minimum atomic E-state index is -0.637. The highest BCUT2D eigenvalue weighted by atomic mass is 16.5. The van der Waals surface area contributed by atoms with Crippen molar-refractivity contribution in [2.24, 2.45) is 0 Å². The average molecular weight is 368 g/mol. The number of fused-ring (bicyclic) bond motifs is 1. The molecule has 28 heavy (non-hydrogen) atoms. The van der Waals surface area contributed by atoms with Gasteiger partial charge < -0.3 is 4.74 Å². The summed E-state index contributed by atoms with van der Waals surface area (Å²) >= 11 is 0. The quantitative estimate of drug-likeness (QED) is 0.541. The first-order valence-electron chi connectivity index (χ1n) is 8.84. The summed E-state index contributed by atoms with van der Waals surface area (Å²) in [6.07, 6.45) is 0. The Bertz CT molecular complexity index is 1190. The minimum absolute atomic E-state index is 0.0261. The lowest BCUT2D eigenvalue weighted by atomic mass is 9.94.